The molecular formula is C16H22N2O3S. The van der Waals surface area contributed by atoms with Gasteiger partial charge in [-0.2, -0.15) is 0 Å². The van der Waals surface area contributed by atoms with Crippen LogP contribution in [-0.2, 0) is 9.59 Å². The van der Waals surface area contributed by atoms with Crippen LogP contribution in [0, 0.1) is 11.8 Å². The van der Waals surface area contributed by atoms with E-state index in [1.165, 1.54) is 0 Å². The first-order valence-corrected chi connectivity index (χ1v) is 8.82. The molecule has 0 radical (unpaired) electrons. The maximum absolute atomic E-state index is 12.4. The second kappa shape index (κ2) is 5.99. The fourth-order valence-electron chi connectivity index (χ4n) is 3.11. The summed E-state index contributed by atoms with van der Waals surface area (Å²) in [5.41, 5.74) is 1.12. The Kier molecular flexibility index (Phi) is 4.21. The van der Waals surface area contributed by atoms with Crippen molar-refractivity contribution in [2.45, 2.75) is 44.9 Å². The molecule has 1 N–H and O–H groups in total. The Bertz CT molecular complexity index is 584. The lowest BCUT2D eigenvalue weighted by molar-refractivity contribution is -0.142. The van der Waals surface area contributed by atoms with E-state index < -0.39 is 11.9 Å². The van der Waals surface area contributed by atoms with Crippen LogP contribution in [0.15, 0.2) is 5.38 Å². The molecule has 2 fully saturated rings. The molecule has 1 aliphatic heterocycles. The minimum Gasteiger partial charge on any atom is -0.481 e. The highest BCUT2D eigenvalue weighted by Gasteiger charge is 2.50. The normalized spacial score (nSPS) is 28.0. The number of nitrogens with zero attached hydrogens (tertiary/aromatic N) is 2. The highest BCUT2D eigenvalue weighted by Crippen LogP contribution is 2.41. The van der Waals surface area contributed by atoms with Crippen molar-refractivity contribution >= 4 is 23.2 Å². The van der Waals surface area contributed by atoms with Gasteiger partial charge in [-0.25, -0.2) is 4.98 Å². The Morgan fingerprint density at radius 3 is 2.77 bits per heavy atom. The summed E-state index contributed by atoms with van der Waals surface area (Å²) >= 11 is 1.68. The van der Waals surface area contributed by atoms with Crippen LogP contribution in [0.25, 0.3) is 0 Å². The predicted molar refractivity (Wildman–Crippen MR) is 84.0 cm³/mol. The highest BCUT2D eigenvalue weighted by molar-refractivity contribution is 7.09. The fourth-order valence-corrected chi connectivity index (χ4v) is 4.22. The van der Waals surface area contributed by atoms with Crippen molar-refractivity contribution in [1.82, 2.24) is 9.88 Å². The molecule has 120 valence electrons. The molecule has 22 heavy (non-hydrogen) atoms. The molecule has 1 saturated carbocycles. The summed E-state index contributed by atoms with van der Waals surface area (Å²) in [4.78, 5) is 29.9. The molecule has 5 nitrogen and oxygen atoms in total. The molecule has 3 atom stereocenters. The third-order valence-corrected chi connectivity index (χ3v) is 5.66. The second-order valence-electron chi connectivity index (χ2n) is 6.68. The van der Waals surface area contributed by atoms with Crippen LogP contribution >= 0.6 is 11.3 Å². The first-order chi connectivity index (χ1) is 10.5. The Hall–Kier alpha value is -1.43. The number of thiazole rings is 1. The minimum absolute atomic E-state index is 0.0257. The van der Waals surface area contributed by atoms with Crippen LogP contribution in [0.2, 0.25) is 0 Å². The summed E-state index contributed by atoms with van der Waals surface area (Å²) in [6.07, 6.45) is 2.53. The quantitative estimate of drug-likeness (QED) is 0.925. The van der Waals surface area contributed by atoms with Gasteiger partial charge in [0.05, 0.1) is 22.5 Å². The average molecular weight is 322 g/mol. The van der Waals surface area contributed by atoms with Gasteiger partial charge in [-0.1, -0.05) is 13.8 Å². The van der Waals surface area contributed by atoms with Gasteiger partial charge in [-0.05, 0) is 25.2 Å². The van der Waals surface area contributed by atoms with E-state index in [0.717, 1.165) is 30.1 Å². The highest BCUT2D eigenvalue weighted by atomic mass is 32.1. The van der Waals surface area contributed by atoms with E-state index >= 15 is 0 Å². The van der Waals surface area contributed by atoms with Crippen molar-refractivity contribution in [2.24, 2.45) is 11.8 Å². The number of carbonyl (C=O) groups is 2. The van der Waals surface area contributed by atoms with Gasteiger partial charge in [0.1, 0.15) is 0 Å². The Morgan fingerprint density at radius 2 is 2.18 bits per heavy atom. The molecule has 0 spiro atoms. The number of likely N-dealkylation sites (tertiary alicyclic amines) is 1. The molecule has 1 aliphatic carbocycles. The molecule has 6 heteroatoms. The molecule has 0 aromatic carbocycles. The summed E-state index contributed by atoms with van der Waals surface area (Å²) in [7, 11) is 0. The van der Waals surface area contributed by atoms with E-state index in [0.29, 0.717) is 24.8 Å². The van der Waals surface area contributed by atoms with Gasteiger partial charge in [0.15, 0.2) is 0 Å². The van der Waals surface area contributed by atoms with Crippen molar-refractivity contribution in [3.05, 3.63) is 16.1 Å². The maximum Gasteiger partial charge on any atom is 0.307 e. The number of rotatable bonds is 4. The number of piperidine rings is 1. The van der Waals surface area contributed by atoms with Crippen LogP contribution in [0.1, 0.15) is 55.6 Å². The molecule has 1 saturated heterocycles. The van der Waals surface area contributed by atoms with Crippen LogP contribution in [-0.4, -0.2) is 40.0 Å². The van der Waals surface area contributed by atoms with Crippen molar-refractivity contribution in [3.8, 4) is 0 Å². The van der Waals surface area contributed by atoms with Crippen molar-refractivity contribution in [1.29, 1.82) is 0 Å². The van der Waals surface area contributed by atoms with Gasteiger partial charge in [-0.3, -0.25) is 9.59 Å². The second-order valence-corrected chi connectivity index (χ2v) is 7.57. The van der Waals surface area contributed by atoms with E-state index in [-0.39, 0.29) is 11.8 Å². The molecule has 0 bridgehead atoms. The predicted octanol–water partition coefficient (Wildman–Crippen LogP) is 2.69. The molecule has 2 heterocycles. The molecular weight excluding hydrogens is 300 g/mol. The first kappa shape index (κ1) is 15.5. The van der Waals surface area contributed by atoms with Crippen LogP contribution in [0.5, 0.6) is 0 Å². The number of hydrogen-bond acceptors (Lipinski definition) is 4. The smallest absolute Gasteiger partial charge is 0.307 e. The molecule has 3 rings (SSSR count). The molecule has 1 aromatic rings. The zero-order valence-electron chi connectivity index (χ0n) is 13.0. The van der Waals surface area contributed by atoms with Crippen LogP contribution in [0.3, 0.4) is 0 Å². The fraction of sp³-hybridized carbons (Fsp3) is 0.688. The minimum atomic E-state index is -0.839. The number of carboxylic acids is 1. The van der Waals surface area contributed by atoms with Crippen molar-refractivity contribution < 1.29 is 14.7 Å². The number of aromatic nitrogens is 1. The Balaban J connectivity index is 1.64. The largest absolute Gasteiger partial charge is 0.481 e. The van der Waals surface area contributed by atoms with E-state index in [2.05, 4.69) is 19.2 Å². The van der Waals surface area contributed by atoms with Gasteiger partial charge in [0.25, 0.3) is 0 Å². The average Bonchev–Trinajstić information content (AvgIpc) is 3.15. The Labute approximate surface area is 134 Å². The lowest BCUT2D eigenvalue weighted by Gasteiger charge is -2.32. The SMILES string of the molecule is CC(C)c1csc([C@@H]2CCCN(C(=O)[C@@H]3C[C@H]3C(=O)O)C2)n1. The van der Waals surface area contributed by atoms with Crippen molar-refractivity contribution in [3.63, 3.8) is 0 Å². The molecule has 2 aliphatic rings. The van der Waals surface area contributed by atoms with Gasteiger partial charge < -0.3 is 10.0 Å². The van der Waals surface area contributed by atoms with E-state index in [4.69, 9.17) is 10.1 Å². The van der Waals surface area contributed by atoms with E-state index in [1.807, 2.05) is 4.90 Å². The van der Waals surface area contributed by atoms with E-state index in [9.17, 15) is 9.59 Å². The summed E-state index contributed by atoms with van der Waals surface area (Å²) in [6, 6.07) is 0. The van der Waals surface area contributed by atoms with Gasteiger partial charge in [0.2, 0.25) is 5.91 Å². The standard InChI is InChI=1S/C16H22N2O3S/c1-9(2)13-8-22-14(17-13)10-4-3-5-18(7-10)15(19)11-6-12(11)16(20)21/h8-12H,3-7H2,1-2H3,(H,20,21)/t10-,11-,12-/m1/s1. The first-order valence-electron chi connectivity index (χ1n) is 7.94. The van der Waals surface area contributed by atoms with Crippen LogP contribution < -0.4 is 0 Å². The summed E-state index contributed by atoms with van der Waals surface area (Å²) in [6.45, 7) is 5.71. The number of carboxylic acid groups (broad SMARTS) is 1. The van der Waals surface area contributed by atoms with Gasteiger partial charge in [-0.15, -0.1) is 11.3 Å². The monoisotopic (exact) mass is 322 g/mol. The molecule has 1 aromatic heterocycles. The lowest BCUT2D eigenvalue weighted by Crippen LogP contribution is -2.40. The number of amides is 1. The summed E-state index contributed by atoms with van der Waals surface area (Å²) in [5, 5.41) is 12.2. The third-order valence-electron chi connectivity index (χ3n) is 4.64. The third kappa shape index (κ3) is 3.02. The lowest BCUT2D eigenvalue weighted by atomic mass is 9.98. The summed E-state index contributed by atoms with van der Waals surface area (Å²) < 4.78 is 0. The molecule has 1 amide bonds. The maximum atomic E-state index is 12.4. The summed E-state index contributed by atoms with van der Waals surface area (Å²) in [5.74, 6) is -0.837. The van der Waals surface area contributed by atoms with Gasteiger partial charge in [0, 0.05) is 24.4 Å². The number of carbonyl (C=O) groups excluding carboxylic acids is 1. The topological polar surface area (TPSA) is 70.5 Å². The molecule has 0 unspecified atom stereocenters. The Morgan fingerprint density at radius 1 is 1.41 bits per heavy atom. The number of aliphatic carboxylic acids is 1. The zero-order chi connectivity index (χ0) is 15.9. The van der Waals surface area contributed by atoms with Gasteiger partial charge >= 0.3 is 5.97 Å². The zero-order valence-corrected chi connectivity index (χ0v) is 13.8. The van der Waals surface area contributed by atoms with Crippen LogP contribution in [0.4, 0.5) is 0 Å². The number of hydrogen-bond donors (Lipinski definition) is 1. The van der Waals surface area contributed by atoms with E-state index in [1.54, 1.807) is 11.3 Å². The van der Waals surface area contributed by atoms with Crippen molar-refractivity contribution in [2.75, 3.05) is 13.1 Å².